The van der Waals surface area contributed by atoms with Crippen LogP contribution in [0.5, 0.6) is 0 Å². The Kier molecular flexibility index (Phi) is 3.78. The molecule has 1 aliphatic rings. The van der Waals surface area contributed by atoms with Gasteiger partial charge in [-0.15, -0.1) is 0 Å². The predicted octanol–water partition coefficient (Wildman–Crippen LogP) is 2.17. The number of hydrogen-bond donors (Lipinski definition) is 1. The topological polar surface area (TPSA) is 42.2 Å². The fourth-order valence-corrected chi connectivity index (χ4v) is 2.49. The first-order valence-corrected chi connectivity index (χ1v) is 6.23. The molecule has 1 unspecified atom stereocenters. The lowest BCUT2D eigenvalue weighted by Crippen LogP contribution is -2.36. The third-order valence-electron chi connectivity index (χ3n) is 3.54. The lowest BCUT2D eigenvalue weighted by Gasteiger charge is -2.34. The van der Waals surface area contributed by atoms with E-state index in [0.717, 1.165) is 19.0 Å². The molecule has 0 aliphatic carbocycles. The van der Waals surface area contributed by atoms with Crippen LogP contribution in [0.2, 0.25) is 0 Å². The number of anilines is 1. The van der Waals surface area contributed by atoms with Gasteiger partial charge >= 0.3 is 0 Å². The van der Waals surface area contributed by atoms with Crippen molar-refractivity contribution in [3.05, 3.63) is 24.0 Å². The Morgan fingerprint density at radius 1 is 1.56 bits per heavy atom. The fourth-order valence-electron chi connectivity index (χ4n) is 2.49. The van der Waals surface area contributed by atoms with E-state index in [4.69, 9.17) is 5.73 Å². The van der Waals surface area contributed by atoms with E-state index in [1.807, 2.05) is 18.5 Å². The zero-order valence-electron chi connectivity index (χ0n) is 10.0. The molecule has 2 rings (SSSR count). The number of pyridine rings is 1. The summed E-state index contributed by atoms with van der Waals surface area (Å²) in [5, 5.41) is 0. The van der Waals surface area contributed by atoms with Gasteiger partial charge in [-0.1, -0.05) is 13.3 Å². The van der Waals surface area contributed by atoms with Gasteiger partial charge < -0.3 is 10.6 Å². The molecule has 16 heavy (non-hydrogen) atoms. The summed E-state index contributed by atoms with van der Waals surface area (Å²) < 4.78 is 0. The van der Waals surface area contributed by atoms with Gasteiger partial charge in [0.15, 0.2) is 0 Å². The predicted molar refractivity (Wildman–Crippen MR) is 67.4 cm³/mol. The minimum absolute atomic E-state index is 0.602. The summed E-state index contributed by atoms with van der Waals surface area (Å²) >= 11 is 0. The van der Waals surface area contributed by atoms with Gasteiger partial charge in [0.2, 0.25) is 0 Å². The number of nitrogens with zero attached hydrogens (tertiary/aromatic N) is 2. The van der Waals surface area contributed by atoms with Crippen LogP contribution in [0.4, 0.5) is 5.69 Å². The second-order valence-corrected chi connectivity index (χ2v) is 4.57. The monoisotopic (exact) mass is 219 g/mol. The van der Waals surface area contributed by atoms with Crippen LogP contribution in [0.15, 0.2) is 18.5 Å². The maximum atomic E-state index is 5.77. The van der Waals surface area contributed by atoms with Gasteiger partial charge in [-0.3, -0.25) is 4.98 Å². The number of aromatic nitrogens is 1. The van der Waals surface area contributed by atoms with Crippen LogP contribution in [0.1, 0.15) is 31.7 Å². The number of rotatable bonds is 3. The zero-order valence-corrected chi connectivity index (χ0v) is 10.0. The van der Waals surface area contributed by atoms with E-state index >= 15 is 0 Å². The minimum Gasteiger partial charge on any atom is -0.370 e. The van der Waals surface area contributed by atoms with Crippen molar-refractivity contribution < 1.29 is 0 Å². The Bertz CT molecular complexity index is 338. The van der Waals surface area contributed by atoms with Crippen LogP contribution >= 0.6 is 0 Å². The smallest absolute Gasteiger partial charge is 0.0598 e. The van der Waals surface area contributed by atoms with Gasteiger partial charge in [0.05, 0.1) is 11.9 Å². The van der Waals surface area contributed by atoms with Crippen molar-refractivity contribution >= 4 is 5.69 Å². The van der Waals surface area contributed by atoms with Gasteiger partial charge in [0, 0.05) is 25.8 Å². The van der Waals surface area contributed by atoms with Crippen LogP contribution in [-0.2, 0) is 6.54 Å². The molecule has 1 aromatic rings. The Balaban J connectivity index is 2.16. The Hall–Kier alpha value is -1.09. The van der Waals surface area contributed by atoms with Crippen molar-refractivity contribution in [2.45, 2.75) is 32.7 Å². The van der Waals surface area contributed by atoms with Crippen LogP contribution in [0.25, 0.3) is 0 Å². The standard InChI is InChI=1S/C13H21N3/c1-2-11-4-3-7-16(10-11)13-9-15-6-5-12(13)8-14/h5-6,9,11H,2-4,7-8,10,14H2,1H3. The highest BCUT2D eigenvalue weighted by atomic mass is 15.1. The second-order valence-electron chi connectivity index (χ2n) is 4.57. The third-order valence-corrected chi connectivity index (χ3v) is 3.54. The molecule has 0 bridgehead atoms. The van der Waals surface area contributed by atoms with E-state index in [-0.39, 0.29) is 0 Å². The van der Waals surface area contributed by atoms with Crippen molar-refractivity contribution in [3.63, 3.8) is 0 Å². The van der Waals surface area contributed by atoms with Crippen LogP contribution in [-0.4, -0.2) is 18.1 Å². The van der Waals surface area contributed by atoms with Crippen LogP contribution in [0, 0.1) is 5.92 Å². The molecular weight excluding hydrogens is 198 g/mol. The average molecular weight is 219 g/mol. The van der Waals surface area contributed by atoms with Crippen LogP contribution in [0.3, 0.4) is 0 Å². The summed E-state index contributed by atoms with van der Waals surface area (Å²) in [4.78, 5) is 6.67. The largest absolute Gasteiger partial charge is 0.370 e. The van der Waals surface area contributed by atoms with Gasteiger partial charge in [0.25, 0.3) is 0 Å². The average Bonchev–Trinajstić information content (AvgIpc) is 2.38. The van der Waals surface area contributed by atoms with E-state index in [2.05, 4.69) is 16.8 Å². The van der Waals surface area contributed by atoms with Gasteiger partial charge in [0.1, 0.15) is 0 Å². The summed E-state index contributed by atoms with van der Waals surface area (Å²) in [6, 6.07) is 2.03. The fraction of sp³-hybridized carbons (Fsp3) is 0.615. The van der Waals surface area contributed by atoms with Crippen molar-refractivity contribution in [1.29, 1.82) is 0 Å². The molecule has 3 heteroatoms. The first-order valence-electron chi connectivity index (χ1n) is 6.23. The quantitative estimate of drug-likeness (QED) is 0.847. The minimum atomic E-state index is 0.602. The molecule has 1 aromatic heterocycles. The molecule has 0 spiro atoms. The van der Waals surface area contributed by atoms with Crippen LogP contribution < -0.4 is 10.6 Å². The highest BCUT2D eigenvalue weighted by Crippen LogP contribution is 2.26. The van der Waals surface area contributed by atoms with E-state index in [1.165, 1.54) is 30.5 Å². The molecule has 0 aromatic carbocycles. The summed E-state index contributed by atoms with van der Waals surface area (Å²) in [6.45, 7) is 5.19. The maximum absolute atomic E-state index is 5.77. The van der Waals surface area contributed by atoms with Gasteiger partial charge in [-0.05, 0) is 30.4 Å². The van der Waals surface area contributed by atoms with Crippen molar-refractivity contribution in [2.75, 3.05) is 18.0 Å². The molecular formula is C13H21N3. The van der Waals surface area contributed by atoms with Crippen molar-refractivity contribution in [1.82, 2.24) is 4.98 Å². The van der Waals surface area contributed by atoms with Crippen molar-refractivity contribution in [2.24, 2.45) is 11.7 Å². The highest BCUT2D eigenvalue weighted by Gasteiger charge is 2.20. The first kappa shape index (κ1) is 11.4. The van der Waals surface area contributed by atoms with E-state index in [9.17, 15) is 0 Å². The molecule has 88 valence electrons. The summed E-state index contributed by atoms with van der Waals surface area (Å²) in [5.41, 5.74) is 8.22. The Morgan fingerprint density at radius 3 is 3.19 bits per heavy atom. The first-order chi connectivity index (χ1) is 7.85. The number of nitrogens with two attached hydrogens (primary N) is 1. The summed E-state index contributed by atoms with van der Waals surface area (Å²) in [6.07, 6.45) is 7.71. The molecule has 0 amide bonds. The highest BCUT2D eigenvalue weighted by molar-refractivity contribution is 5.51. The number of piperidine rings is 1. The molecule has 0 radical (unpaired) electrons. The Labute approximate surface area is 97.7 Å². The molecule has 0 saturated carbocycles. The normalized spacial score (nSPS) is 21.1. The molecule has 1 aliphatic heterocycles. The SMILES string of the molecule is CCC1CCCN(c2cnccc2CN)C1. The Morgan fingerprint density at radius 2 is 2.44 bits per heavy atom. The van der Waals surface area contributed by atoms with E-state index in [0.29, 0.717) is 6.54 Å². The van der Waals surface area contributed by atoms with Crippen molar-refractivity contribution in [3.8, 4) is 0 Å². The molecule has 2 N–H and O–H groups in total. The number of hydrogen-bond acceptors (Lipinski definition) is 3. The summed E-state index contributed by atoms with van der Waals surface area (Å²) in [5.74, 6) is 0.833. The maximum Gasteiger partial charge on any atom is 0.0598 e. The lowest BCUT2D eigenvalue weighted by atomic mass is 9.95. The molecule has 1 saturated heterocycles. The van der Waals surface area contributed by atoms with Gasteiger partial charge in [-0.2, -0.15) is 0 Å². The van der Waals surface area contributed by atoms with Gasteiger partial charge in [-0.25, -0.2) is 0 Å². The molecule has 3 nitrogen and oxygen atoms in total. The zero-order chi connectivity index (χ0) is 11.4. The molecule has 1 atom stereocenters. The van der Waals surface area contributed by atoms with E-state index < -0.39 is 0 Å². The summed E-state index contributed by atoms with van der Waals surface area (Å²) in [7, 11) is 0. The lowest BCUT2D eigenvalue weighted by molar-refractivity contribution is 0.404. The molecule has 2 heterocycles. The molecule has 1 fully saturated rings. The van der Waals surface area contributed by atoms with E-state index in [1.54, 1.807) is 0 Å². The third kappa shape index (κ3) is 2.35. The second kappa shape index (κ2) is 5.30.